The highest BCUT2D eigenvalue weighted by Gasteiger charge is 2.17. The smallest absolute Gasteiger partial charge is 0.0547 e. The molecule has 0 spiro atoms. The van der Waals surface area contributed by atoms with E-state index in [4.69, 9.17) is 0 Å². The lowest BCUT2D eigenvalue weighted by Crippen LogP contribution is -2.09. The van der Waals surface area contributed by atoms with Gasteiger partial charge in [0.15, 0.2) is 0 Å². The quantitative estimate of drug-likeness (QED) is 0.141. The van der Waals surface area contributed by atoms with Gasteiger partial charge in [0, 0.05) is 50.0 Å². The first-order valence-electron chi connectivity index (χ1n) is 25.1. The van der Waals surface area contributed by atoms with Crippen LogP contribution in [0.15, 0.2) is 285 Å². The van der Waals surface area contributed by atoms with Crippen molar-refractivity contribution >= 4 is 71.4 Å². The van der Waals surface area contributed by atoms with Gasteiger partial charge in [0.1, 0.15) is 0 Å². The third-order valence-electron chi connectivity index (χ3n) is 14.8. The number of fused-ring (bicyclic) bond motifs is 7. The van der Waals surface area contributed by atoms with Gasteiger partial charge in [-0.2, -0.15) is 0 Å². The SMILES string of the molecule is c1ccc(-n2c3ccccc3c3ccc(-c4ccc(-c5ccc(N(c6ccc(-c7ccc(-n8c9ccccc9c9ccccc98)cc7)cc6)c6ccc(-c7cccc8ccccc78)cc6)cc5)cc4)cc32)cc1. The third kappa shape index (κ3) is 7.37. The Kier molecular flexibility index (Phi) is 10.2. The van der Waals surface area contributed by atoms with Crippen LogP contribution >= 0.6 is 0 Å². The Morgan fingerprint density at radius 3 is 1.11 bits per heavy atom. The molecule has 0 aliphatic heterocycles. The molecule has 342 valence electrons. The second-order valence-corrected chi connectivity index (χ2v) is 18.9. The van der Waals surface area contributed by atoms with Gasteiger partial charge in [0.05, 0.1) is 22.1 Å². The van der Waals surface area contributed by atoms with Gasteiger partial charge in [0.25, 0.3) is 0 Å². The van der Waals surface area contributed by atoms with Gasteiger partial charge in [-0.3, -0.25) is 0 Å². The molecular weight excluding hydrogens is 883 g/mol. The average Bonchev–Trinajstić information content (AvgIpc) is 3.99. The minimum Gasteiger partial charge on any atom is -0.311 e. The van der Waals surface area contributed by atoms with E-state index in [1.54, 1.807) is 0 Å². The topological polar surface area (TPSA) is 13.1 Å². The monoisotopic (exact) mass is 929 g/mol. The number of hydrogen-bond donors (Lipinski definition) is 0. The summed E-state index contributed by atoms with van der Waals surface area (Å²) in [5, 5.41) is 7.55. The summed E-state index contributed by atoms with van der Waals surface area (Å²) in [7, 11) is 0. The number of nitrogens with zero attached hydrogens (tertiary/aromatic N) is 3. The number of anilines is 3. The van der Waals surface area contributed by atoms with Gasteiger partial charge in [-0.1, -0.05) is 200 Å². The van der Waals surface area contributed by atoms with Crippen LogP contribution in [0.3, 0.4) is 0 Å². The van der Waals surface area contributed by atoms with Gasteiger partial charge >= 0.3 is 0 Å². The lowest BCUT2D eigenvalue weighted by atomic mass is 9.98. The molecule has 0 aliphatic carbocycles. The van der Waals surface area contributed by atoms with Crippen molar-refractivity contribution in [2.75, 3.05) is 4.90 Å². The van der Waals surface area contributed by atoms with Crippen molar-refractivity contribution in [1.29, 1.82) is 0 Å². The van der Waals surface area contributed by atoms with E-state index in [0.717, 1.165) is 28.4 Å². The van der Waals surface area contributed by atoms with E-state index in [0.29, 0.717) is 0 Å². The molecular formula is C70H47N3. The molecule has 2 aromatic heterocycles. The van der Waals surface area contributed by atoms with Gasteiger partial charge in [-0.15, -0.1) is 0 Å². The third-order valence-corrected chi connectivity index (χ3v) is 14.8. The molecule has 0 saturated carbocycles. The minimum absolute atomic E-state index is 1.09. The summed E-state index contributed by atoms with van der Waals surface area (Å²) in [6, 6.07) is 104. The molecule has 3 nitrogen and oxygen atoms in total. The van der Waals surface area contributed by atoms with E-state index in [1.807, 2.05) is 0 Å². The molecule has 0 atom stereocenters. The van der Waals surface area contributed by atoms with Gasteiger partial charge < -0.3 is 14.0 Å². The Balaban J connectivity index is 0.784. The number of rotatable bonds is 9. The zero-order chi connectivity index (χ0) is 48.2. The number of hydrogen-bond acceptors (Lipinski definition) is 1. The number of benzene rings is 12. The summed E-state index contributed by atoms with van der Waals surface area (Å²) in [6.45, 7) is 0. The van der Waals surface area contributed by atoms with Crippen molar-refractivity contribution in [1.82, 2.24) is 9.13 Å². The Morgan fingerprint density at radius 2 is 0.575 bits per heavy atom. The van der Waals surface area contributed by atoms with Crippen molar-refractivity contribution in [3.8, 4) is 55.9 Å². The van der Waals surface area contributed by atoms with Crippen LogP contribution in [0.2, 0.25) is 0 Å². The summed E-state index contributed by atoms with van der Waals surface area (Å²) < 4.78 is 4.75. The Hall–Kier alpha value is -9.70. The second kappa shape index (κ2) is 17.6. The van der Waals surface area contributed by atoms with Crippen molar-refractivity contribution < 1.29 is 0 Å². The Morgan fingerprint density at radius 1 is 0.219 bits per heavy atom. The first kappa shape index (κ1) is 42.2. The fourth-order valence-corrected chi connectivity index (χ4v) is 11.2. The van der Waals surface area contributed by atoms with Crippen LogP contribution in [0.25, 0.3) is 110 Å². The highest BCUT2D eigenvalue weighted by molar-refractivity contribution is 6.11. The molecule has 3 heteroatoms. The zero-order valence-corrected chi connectivity index (χ0v) is 40.0. The first-order chi connectivity index (χ1) is 36.2. The minimum atomic E-state index is 1.09. The standard InChI is InChI=1S/C70H47N3/c1-2-15-56(16-3-1)73-69-24-11-8-20-65(69)66-46-37-55(47-70(66)73)52-27-25-48(26-28-52)49-29-38-57(39-30-49)71(59-44-35-54(36-45-59)62-21-12-14-53-13-4-5-17-61(53)62)58-40-31-50(32-41-58)51-33-42-60(43-34-51)72-67-22-9-6-18-63(67)64-19-7-10-23-68(64)72/h1-47H. The van der Waals surface area contributed by atoms with Gasteiger partial charge in [-0.05, 0) is 140 Å². The molecule has 0 amide bonds. The summed E-state index contributed by atoms with van der Waals surface area (Å²) in [6.07, 6.45) is 0. The molecule has 0 bridgehead atoms. The van der Waals surface area contributed by atoms with E-state index in [-0.39, 0.29) is 0 Å². The fraction of sp³-hybridized carbons (Fsp3) is 0. The van der Waals surface area contributed by atoms with Crippen LogP contribution in [0.5, 0.6) is 0 Å². The molecule has 0 aliphatic rings. The van der Waals surface area contributed by atoms with Gasteiger partial charge in [-0.25, -0.2) is 0 Å². The molecule has 14 aromatic rings. The predicted molar refractivity (Wildman–Crippen MR) is 309 cm³/mol. The fourth-order valence-electron chi connectivity index (χ4n) is 11.2. The van der Waals surface area contributed by atoms with Crippen LogP contribution in [-0.2, 0) is 0 Å². The molecule has 2 heterocycles. The number of para-hydroxylation sites is 4. The van der Waals surface area contributed by atoms with Crippen LogP contribution in [0.1, 0.15) is 0 Å². The summed E-state index contributed by atoms with van der Waals surface area (Å²) in [4.78, 5) is 2.36. The zero-order valence-electron chi connectivity index (χ0n) is 40.0. The van der Waals surface area contributed by atoms with Crippen LogP contribution < -0.4 is 4.90 Å². The highest BCUT2D eigenvalue weighted by atomic mass is 15.1. The predicted octanol–water partition coefficient (Wildman–Crippen LogP) is 19.2. The first-order valence-corrected chi connectivity index (χ1v) is 25.1. The van der Waals surface area contributed by atoms with Crippen LogP contribution in [-0.4, -0.2) is 9.13 Å². The molecule has 73 heavy (non-hydrogen) atoms. The maximum atomic E-state index is 2.38. The number of aromatic nitrogens is 2. The molecule has 0 radical (unpaired) electrons. The van der Waals surface area contributed by atoms with Crippen LogP contribution in [0.4, 0.5) is 17.1 Å². The summed E-state index contributed by atoms with van der Waals surface area (Å²) in [5.74, 6) is 0. The molecule has 14 rings (SSSR count). The highest BCUT2D eigenvalue weighted by Crippen LogP contribution is 2.40. The molecule has 0 N–H and O–H groups in total. The maximum Gasteiger partial charge on any atom is 0.0547 e. The van der Waals surface area contributed by atoms with E-state index in [9.17, 15) is 0 Å². The lowest BCUT2D eigenvalue weighted by Gasteiger charge is -2.26. The van der Waals surface area contributed by atoms with Crippen molar-refractivity contribution in [2.45, 2.75) is 0 Å². The van der Waals surface area contributed by atoms with E-state index >= 15 is 0 Å². The maximum absolute atomic E-state index is 2.38. The van der Waals surface area contributed by atoms with E-state index < -0.39 is 0 Å². The van der Waals surface area contributed by atoms with Crippen molar-refractivity contribution in [3.63, 3.8) is 0 Å². The average molecular weight is 930 g/mol. The molecule has 0 saturated heterocycles. The van der Waals surface area contributed by atoms with E-state index in [2.05, 4.69) is 299 Å². The van der Waals surface area contributed by atoms with Gasteiger partial charge in [0.2, 0.25) is 0 Å². The van der Waals surface area contributed by atoms with E-state index in [1.165, 1.54) is 98.9 Å². The molecule has 0 unspecified atom stereocenters. The molecule has 12 aromatic carbocycles. The van der Waals surface area contributed by atoms with Crippen LogP contribution in [0, 0.1) is 0 Å². The second-order valence-electron chi connectivity index (χ2n) is 18.9. The molecule has 0 fully saturated rings. The summed E-state index contributed by atoms with van der Waals surface area (Å²) in [5.41, 5.74) is 19.9. The Bertz CT molecular complexity index is 4260. The van der Waals surface area contributed by atoms with Crippen molar-refractivity contribution in [2.24, 2.45) is 0 Å². The Labute approximate surface area is 424 Å². The largest absolute Gasteiger partial charge is 0.311 e. The summed E-state index contributed by atoms with van der Waals surface area (Å²) >= 11 is 0. The normalized spacial score (nSPS) is 11.6. The lowest BCUT2D eigenvalue weighted by molar-refractivity contribution is 1.18. The van der Waals surface area contributed by atoms with Crippen molar-refractivity contribution in [3.05, 3.63) is 285 Å².